The van der Waals surface area contributed by atoms with Crippen LogP contribution in [0, 0.1) is 37.5 Å². The van der Waals surface area contributed by atoms with Crippen molar-refractivity contribution in [2.75, 3.05) is 0 Å². The molecule has 3 aliphatic carbocycles. The largest absolute Gasteiger partial charge is 0.385 e. The summed E-state index contributed by atoms with van der Waals surface area (Å²) in [5.41, 5.74) is 3.28. The molecule has 0 aliphatic heterocycles. The van der Waals surface area contributed by atoms with Crippen LogP contribution >= 0.6 is 0 Å². The van der Waals surface area contributed by atoms with Gasteiger partial charge in [0.15, 0.2) is 0 Å². The monoisotopic (exact) mass is 256 g/mol. The van der Waals surface area contributed by atoms with Gasteiger partial charge in [0, 0.05) is 0 Å². The van der Waals surface area contributed by atoms with Crippen molar-refractivity contribution < 1.29 is 5.11 Å². The number of aryl methyl sites for hydroxylation is 2. The van der Waals surface area contributed by atoms with Crippen LogP contribution in [0.4, 0.5) is 0 Å². The van der Waals surface area contributed by atoms with Crippen molar-refractivity contribution in [3.8, 4) is 0 Å². The van der Waals surface area contributed by atoms with Crippen LogP contribution in [0.1, 0.15) is 48.8 Å². The van der Waals surface area contributed by atoms with Gasteiger partial charge < -0.3 is 5.11 Å². The Balaban J connectivity index is 1.75. The summed E-state index contributed by atoms with van der Waals surface area (Å²) in [6.07, 6.45) is 6.47. The fourth-order valence-corrected chi connectivity index (χ4v) is 5.72. The Labute approximate surface area is 116 Å². The lowest BCUT2D eigenvalue weighted by molar-refractivity contribution is -0.0517. The third-order valence-electron chi connectivity index (χ3n) is 6.34. The van der Waals surface area contributed by atoms with Crippen molar-refractivity contribution in [2.24, 2.45) is 23.7 Å². The van der Waals surface area contributed by atoms with Gasteiger partial charge in [-0.15, -0.1) is 0 Å². The zero-order valence-electron chi connectivity index (χ0n) is 12.0. The van der Waals surface area contributed by atoms with E-state index in [9.17, 15) is 5.11 Å². The maximum atomic E-state index is 11.4. The average Bonchev–Trinajstić information content (AvgIpc) is 2.98. The molecule has 0 radical (unpaired) electrons. The summed E-state index contributed by atoms with van der Waals surface area (Å²) in [4.78, 5) is 0. The van der Waals surface area contributed by atoms with E-state index >= 15 is 0 Å². The highest BCUT2D eigenvalue weighted by Crippen LogP contribution is 2.65. The van der Waals surface area contributed by atoms with Crippen LogP contribution in [0.15, 0.2) is 18.2 Å². The van der Waals surface area contributed by atoms with E-state index in [1.165, 1.54) is 42.4 Å². The number of fused-ring (bicyclic) bond motifs is 5. The predicted molar refractivity (Wildman–Crippen MR) is 76.9 cm³/mol. The van der Waals surface area contributed by atoms with Crippen molar-refractivity contribution >= 4 is 0 Å². The smallest absolute Gasteiger partial charge is 0.0932 e. The Morgan fingerprint density at radius 2 is 1.95 bits per heavy atom. The molecule has 1 N–H and O–H groups in total. The Morgan fingerprint density at radius 3 is 2.74 bits per heavy atom. The molecule has 1 nitrogen and oxygen atoms in total. The van der Waals surface area contributed by atoms with Gasteiger partial charge in [0.2, 0.25) is 0 Å². The minimum atomic E-state index is -0.520. The van der Waals surface area contributed by atoms with E-state index in [0.29, 0.717) is 5.92 Å². The van der Waals surface area contributed by atoms with Gasteiger partial charge >= 0.3 is 0 Å². The molecular weight excluding hydrogens is 232 g/mol. The van der Waals surface area contributed by atoms with E-state index in [0.717, 1.165) is 24.2 Å². The van der Waals surface area contributed by atoms with Gasteiger partial charge in [0.1, 0.15) is 0 Å². The van der Waals surface area contributed by atoms with Gasteiger partial charge in [0.05, 0.1) is 5.60 Å². The summed E-state index contributed by atoms with van der Waals surface area (Å²) in [5.74, 6) is 3.08. The summed E-state index contributed by atoms with van der Waals surface area (Å²) in [5, 5.41) is 11.4. The fourth-order valence-electron chi connectivity index (χ4n) is 5.72. The van der Waals surface area contributed by atoms with Crippen molar-refractivity contribution in [1.82, 2.24) is 0 Å². The Hall–Kier alpha value is -0.820. The van der Waals surface area contributed by atoms with E-state index in [1.807, 2.05) is 0 Å². The summed E-state index contributed by atoms with van der Waals surface area (Å²) < 4.78 is 0. The zero-order chi connectivity index (χ0) is 13.2. The molecule has 1 aromatic rings. The van der Waals surface area contributed by atoms with Crippen molar-refractivity contribution in [2.45, 2.75) is 51.6 Å². The van der Waals surface area contributed by atoms with Crippen molar-refractivity contribution in [1.29, 1.82) is 0 Å². The normalized spacial score (nSPS) is 43.7. The maximum Gasteiger partial charge on any atom is 0.0932 e. The second-order valence-electron chi connectivity index (χ2n) is 7.31. The van der Waals surface area contributed by atoms with Gasteiger partial charge in [-0.2, -0.15) is 0 Å². The molecule has 3 fully saturated rings. The molecule has 0 saturated heterocycles. The lowest BCUT2D eigenvalue weighted by atomic mass is 9.69. The third kappa shape index (κ3) is 1.51. The van der Waals surface area contributed by atoms with E-state index in [-0.39, 0.29) is 0 Å². The van der Waals surface area contributed by atoms with E-state index in [1.54, 1.807) is 0 Å². The Kier molecular flexibility index (Phi) is 2.42. The first kappa shape index (κ1) is 12.0. The second-order valence-corrected chi connectivity index (χ2v) is 7.31. The quantitative estimate of drug-likeness (QED) is 0.806. The summed E-state index contributed by atoms with van der Waals surface area (Å²) in [7, 11) is 0. The van der Waals surface area contributed by atoms with Gasteiger partial charge in [-0.3, -0.25) is 0 Å². The van der Waals surface area contributed by atoms with Crippen LogP contribution in [-0.4, -0.2) is 5.11 Å². The highest BCUT2D eigenvalue weighted by atomic mass is 16.3. The van der Waals surface area contributed by atoms with Gasteiger partial charge in [-0.25, -0.2) is 0 Å². The van der Waals surface area contributed by atoms with E-state index in [2.05, 4.69) is 32.0 Å². The first-order valence-electron chi connectivity index (χ1n) is 7.90. The highest BCUT2D eigenvalue weighted by Gasteiger charge is 2.61. The first-order valence-corrected chi connectivity index (χ1v) is 7.90. The summed E-state index contributed by atoms with van der Waals surface area (Å²) in [6, 6.07) is 6.58. The Morgan fingerprint density at radius 1 is 1.16 bits per heavy atom. The fraction of sp³-hybridized carbons (Fsp3) is 0.667. The molecule has 0 heterocycles. The molecule has 1 heteroatoms. The van der Waals surface area contributed by atoms with Crippen LogP contribution in [-0.2, 0) is 5.60 Å². The number of hydrogen-bond donors (Lipinski definition) is 1. The van der Waals surface area contributed by atoms with Crippen molar-refractivity contribution in [3.63, 3.8) is 0 Å². The molecular formula is C18H24O. The van der Waals surface area contributed by atoms with Gasteiger partial charge in [-0.1, -0.05) is 30.2 Å². The van der Waals surface area contributed by atoms with E-state index in [4.69, 9.17) is 0 Å². The number of rotatable bonds is 1. The third-order valence-corrected chi connectivity index (χ3v) is 6.34. The standard InChI is InChI=1S/C18H24O/c1-11-6-7-16(12(2)8-11)18(19)10-13-9-17(18)15-5-3-4-14(13)15/h6-8,13-15,17,19H,3-5,9-10H2,1-2H3. The van der Waals surface area contributed by atoms with E-state index < -0.39 is 5.60 Å². The predicted octanol–water partition coefficient (Wildman–Crippen LogP) is 3.95. The molecule has 5 unspecified atom stereocenters. The summed E-state index contributed by atoms with van der Waals surface area (Å²) in [6.45, 7) is 4.30. The van der Waals surface area contributed by atoms with Crippen molar-refractivity contribution in [3.05, 3.63) is 34.9 Å². The molecule has 19 heavy (non-hydrogen) atoms. The molecule has 0 aromatic heterocycles. The molecule has 0 spiro atoms. The lowest BCUT2D eigenvalue weighted by Crippen LogP contribution is -2.39. The number of hydrogen-bond acceptors (Lipinski definition) is 1. The van der Waals surface area contributed by atoms with Gasteiger partial charge in [-0.05, 0) is 74.3 Å². The second kappa shape index (κ2) is 3.85. The van der Waals surface area contributed by atoms with Crippen LogP contribution in [0.25, 0.3) is 0 Å². The molecule has 0 amide bonds. The SMILES string of the molecule is Cc1ccc(C2(O)CC3CC2C2CCCC32)c(C)c1. The zero-order valence-corrected chi connectivity index (χ0v) is 12.0. The number of aliphatic hydroxyl groups is 1. The molecule has 3 saturated carbocycles. The minimum absolute atomic E-state index is 0.520. The molecule has 2 bridgehead atoms. The van der Waals surface area contributed by atoms with Crippen LogP contribution in [0.5, 0.6) is 0 Å². The topological polar surface area (TPSA) is 20.2 Å². The maximum absolute atomic E-state index is 11.4. The molecule has 1 aromatic carbocycles. The summed E-state index contributed by atoms with van der Waals surface area (Å²) >= 11 is 0. The molecule has 5 atom stereocenters. The van der Waals surface area contributed by atoms with Crippen LogP contribution in [0.3, 0.4) is 0 Å². The van der Waals surface area contributed by atoms with Crippen LogP contribution < -0.4 is 0 Å². The van der Waals surface area contributed by atoms with Gasteiger partial charge in [0.25, 0.3) is 0 Å². The number of benzene rings is 1. The lowest BCUT2D eigenvalue weighted by Gasteiger charge is -2.40. The first-order chi connectivity index (χ1) is 9.09. The minimum Gasteiger partial charge on any atom is -0.385 e. The van der Waals surface area contributed by atoms with Crippen LogP contribution in [0.2, 0.25) is 0 Å². The molecule has 102 valence electrons. The highest BCUT2D eigenvalue weighted by molar-refractivity contribution is 5.37. The molecule has 3 aliphatic rings. The Bertz CT molecular complexity index is 520. The average molecular weight is 256 g/mol. The molecule has 4 rings (SSSR count).